The molecular formula is C27H28N6O3. The molecule has 0 bridgehead atoms. The monoisotopic (exact) mass is 484 g/mol. The van der Waals surface area contributed by atoms with Gasteiger partial charge in [0.15, 0.2) is 5.82 Å². The predicted octanol–water partition coefficient (Wildman–Crippen LogP) is 3.09. The van der Waals surface area contributed by atoms with E-state index in [1.807, 2.05) is 36.4 Å². The number of rotatable bonds is 8. The third-order valence-corrected chi connectivity index (χ3v) is 6.17. The summed E-state index contributed by atoms with van der Waals surface area (Å²) < 4.78 is 5.49. The fraction of sp³-hybridized carbons (Fsp3) is 0.259. The van der Waals surface area contributed by atoms with E-state index in [0.717, 1.165) is 16.7 Å². The van der Waals surface area contributed by atoms with Crippen molar-refractivity contribution in [3.8, 4) is 11.4 Å². The number of morpholine rings is 1. The molecule has 0 aliphatic carbocycles. The second kappa shape index (κ2) is 10.7. The summed E-state index contributed by atoms with van der Waals surface area (Å²) in [5.74, 6) is 0.614. The van der Waals surface area contributed by atoms with Crippen LogP contribution in [-0.2, 0) is 22.5 Å². The Bertz CT molecular complexity index is 1360. The van der Waals surface area contributed by atoms with Gasteiger partial charge in [-0.05, 0) is 34.4 Å². The third kappa shape index (κ3) is 5.59. The lowest BCUT2D eigenvalue weighted by Gasteiger charge is -2.27. The van der Waals surface area contributed by atoms with E-state index in [1.165, 1.54) is 10.8 Å². The average Bonchev–Trinajstić information content (AvgIpc) is 2.92. The number of nitrogens with zero attached hydrogens (tertiary/aromatic N) is 4. The van der Waals surface area contributed by atoms with Gasteiger partial charge < -0.3 is 25.8 Å². The van der Waals surface area contributed by atoms with Crippen LogP contribution in [0.3, 0.4) is 0 Å². The topological polar surface area (TPSA) is 126 Å². The first-order valence-electron chi connectivity index (χ1n) is 11.9. The lowest BCUT2D eigenvalue weighted by Crippen LogP contribution is -2.37. The first kappa shape index (κ1) is 23.7. The smallest absolute Gasteiger partial charge is 0.320 e. The van der Waals surface area contributed by atoms with E-state index in [9.17, 15) is 4.79 Å². The number of hydrogen-bond donors (Lipinski definition) is 3. The second-order valence-corrected chi connectivity index (χ2v) is 8.76. The van der Waals surface area contributed by atoms with E-state index in [1.54, 1.807) is 0 Å². The van der Waals surface area contributed by atoms with Gasteiger partial charge in [0.05, 0.1) is 13.2 Å². The van der Waals surface area contributed by atoms with Crippen LogP contribution in [0.2, 0.25) is 0 Å². The van der Waals surface area contributed by atoms with Gasteiger partial charge in [0.1, 0.15) is 6.04 Å². The number of anilines is 2. The Kier molecular flexibility index (Phi) is 7.01. The molecule has 9 nitrogen and oxygen atoms in total. The number of benzene rings is 3. The Morgan fingerprint density at radius 2 is 1.69 bits per heavy atom. The highest BCUT2D eigenvalue weighted by atomic mass is 16.5. The normalized spacial score (nSPS) is 14.5. The number of carboxylic acids is 1. The zero-order chi connectivity index (χ0) is 24.9. The predicted molar refractivity (Wildman–Crippen MR) is 139 cm³/mol. The largest absolute Gasteiger partial charge is 0.480 e. The summed E-state index contributed by atoms with van der Waals surface area (Å²) in [4.78, 5) is 27.3. The summed E-state index contributed by atoms with van der Waals surface area (Å²) in [5.41, 5.74) is 8.45. The molecule has 4 aromatic rings. The van der Waals surface area contributed by atoms with Crippen molar-refractivity contribution < 1.29 is 14.6 Å². The van der Waals surface area contributed by atoms with Crippen molar-refractivity contribution in [2.24, 2.45) is 5.73 Å². The van der Waals surface area contributed by atoms with Gasteiger partial charge in [-0.3, -0.25) is 4.79 Å². The van der Waals surface area contributed by atoms with Gasteiger partial charge in [-0.25, -0.2) is 0 Å². The fourth-order valence-corrected chi connectivity index (χ4v) is 4.14. The zero-order valence-electron chi connectivity index (χ0n) is 19.8. The molecule has 4 N–H and O–H groups in total. The van der Waals surface area contributed by atoms with Crippen LogP contribution < -0.4 is 16.0 Å². The maximum Gasteiger partial charge on any atom is 0.320 e. The van der Waals surface area contributed by atoms with Crippen molar-refractivity contribution in [3.63, 3.8) is 0 Å². The molecule has 1 saturated heterocycles. The van der Waals surface area contributed by atoms with Crippen LogP contribution in [0.4, 0.5) is 11.9 Å². The van der Waals surface area contributed by atoms with Gasteiger partial charge in [-0.15, -0.1) is 0 Å². The van der Waals surface area contributed by atoms with Gasteiger partial charge in [-0.2, -0.15) is 15.0 Å². The number of carbonyl (C=O) groups is 1. The number of nitrogens with two attached hydrogens (primary N) is 1. The van der Waals surface area contributed by atoms with Crippen LogP contribution in [0.1, 0.15) is 11.1 Å². The molecule has 1 aromatic heterocycles. The van der Waals surface area contributed by atoms with E-state index in [0.29, 0.717) is 50.6 Å². The molecule has 1 unspecified atom stereocenters. The van der Waals surface area contributed by atoms with Crippen LogP contribution in [0.15, 0.2) is 66.7 Å². The average molecular weight is 485 g/mol. The second-order valence-electron chi connectivity index (χ2n) is 8.76. The molecule has 2 heterocycles. The summed E-state index contributed by atoms with van der Waals surface area (Å²) in [5, 5.41) is 14.8. The van der Waals surface area contributed by atoms with Gasteiger partial charge in [0.25, 0.3) is 0 Å². The maximum atomic E-state index is 11.1. The number of ether oxygens (including phenoxy) is 1. The first-order chi connectivity index (χ1) is 17.5. The van der Waals surface area contributed by atoms with Gasteiger partial charge >= 0.3 is 5.97 Å². The summed E-state index contributed by atoms with van der Waals surface area (Å²) in [6.45, 7) is 3.24. The Labute approximate surface area is 209 Å². The minimum Gasteiger partial charge on any atom is -0.480 e. The molecule has 1 atom stereocenters. The molecule has 0 amide bonds. The van der Waals surface area contributed by atoms with Crippen LogP contribution in [-0.4, -0.2) is 58.4 Å². The highest BCUT2D eigenvalue weighted by Gasteiger charge is 2.18. The molecule has 0 saturated carbocycles. The minimum atomic E-state index is -1.02. The van der Waals surface area contributed by atoms with Gasteiger partial charge in [-0.1, -0.05) is 60.7 Å². The lowest BCUT2D eigenvalue weighted by molar-refractivity contribution is -0.138. The molecule has 36 heavy (non-hydrogen) atoms. The highest BCUT2D eigenvalue weighted by Crippen LogP contribution is 2.22. The summed E-state index contributed by atoms with van der Waals surface area (Å²) in [7, 11) is 0. The van der Waals surface area contributed by atoms with E-state index in [-0.39, 0.29) is 6.42 Å². The SMILES string of the molecule is NC(Cc1ccc(-c2nc(NCc3ccc4ccccc4c3)nc(N3CCOCC3)n2)cc1)C(=O)O. The van der Waals surface area contributed by atoms with Crippen LogP contribution in [0.5, 0.6) is 0 Å². The Balaban J connectivity index is 1.40. The molecule has 3 aromatic carbocycles. The lowest BCUT2D eigenvalue weighted by atomic mass is 10.0. The van der Waals surface area contributed by atoms with Crippen molar-refractivity contribution in [1.29, 1.82) is 0 Å². The first-order valence-corrected chi connectivity index (χ1v) is 11.9. The Morgan fingerprint density at radius 1 is 0.972 bits per heavy atom. The highest BCUT2D eigenvalue weighted by molar-refractivity contribution is 5.83. The molecular weight excluding hydrogens is 456 g/mol. The van der Waals surface area contributed by atoms with Crippen LogP contribution in [0, 0.1) is 0 Å². The van der Waals surface area contributed by atoms with Gasteiger partial charge in [0, 0.05) is 25.2 Å². The number of aromatic nitrogens is 3. The molecule has 0 spiro atoms. The minimum absolute atomic E-state index is 0.254. The maximum absolute atomic E-state index is 11.1. The molecule has 9 heteroatoms. The van der Waals surface area contributed by atoms with Crippen LogP contribution >= 0.6 is 0 Å². The van der Waals surface area contributed by atoms with Crippen LogP contribution in [0.25, 0.3) is 22.2 Å². The third-order valence-electron chi connectivity index (χ3n) is 6.17. The molecule has 1 fully saturated rings. The van der Waals surface area contributed by atoms with Crippen molar-refractivity contribution in [2.45, 2.75) is 19.0 Å². The number of fused-ring (bicyclic) bond motifs is 1. The molecule has 1 aliphatic rings. The number of nitrogens with one attached hydrogen (secondary N) is 1. The molecule has 5 rings (SSSR count). The number of aliphatic carboxylic acids is 1. The fourth-order valence-electron chi connectivity index (χ4n) is 4.14. The number of carboxylic acid groups (broad SMARTS) is 1. The van der Waals surface area contributed by atoms with E-state index >= 15 is 0 Å². The van der Waals surface area contributed by atoms with Gasteiger partial charge in [0.2, 0.25) is 11.9 Å². The van der Waals surface area contributed by atoms with Crippen molar-refractivity contribution in [3.05, 3.63) is 77.9 Å². The quantitative estimate of drug-likeness (QED) is 0.346. The summed E-state index contributed by atoms with van der Waals surface area (Å²) in [6.07, 6.45) is 0.254. The molecule has 1 aliphatic heterocycles. The van der Waals surface area contributed by atoms with E-state index in [4.69, 9.17) is 25.5 Å². The Morgan fingerprint density at radius 3 is 2.44 bits per heavy atom. The van der Waals surface area contributed by atoms with E-state index in [2.05, 4.69) is 45.5 Å². The zero-order valence-corrected chi connectivity index (χ0v) is 19.8. The van der Waals surface area contributed by atoms with Crippen molar-refractivity contribution >= 4 is 28.6 Å². The Hall–Kier alpha value is -4.08. The van der Waals surface area contributed by atoms with E-state index < -0.39 is 12.0 Å². The number of hydrogen-bond acceptors (Lipinski definition) is 8. The molecule has 184 valence electrons. The summed E-state index contributed by atoms with van der Waals surface area (Å²) in [6, 6.07) is 21.2. The van der Waals surface area contributed by atoms with Crippen molar-refractivity contribution in [2.75, 3.05) is 36.5 Å². The standard InChI is InChI=1S/C27H28N6O3/c28-23(25(34)35)16-18-5-9-21(10-6-18)24-30-26(32-27(31-24)33-11-13-36-14-12-33)29-17-19-7-8-20-3-1-2-4-22(20)15-19/h1-10,15,23H,11-14,16-17,28H2,(H,34,35)(H,29,30,31,32). The molecule has 0 radical (unpaired) electrons. The van der Waals surface area contributed by atoms with Crippen molar-refractivity contribution in [1.82, 2.24) is 15.0 Å². The summed E-state index contributed by atoms with van der Waals surface area (Å²) >= 11 is 0.